The molecule has 0 radical (unpaired) electrons. The monoisotopic (exact) mass is 318 g/mol. The molecular formula is C19H26O4. The molecule has 0 amide bonds. The maximum atomic E-state index is 11.4. The Labute approximate surface area is 137 Å². The van der Waals surface area contributed by atoms with Crippen LogP contribution in [-0.4, -0.2) is 21.3 Å². The Morgan fingerprint density at radius 2 is 1.91 bits per heavy atom. The molecule has 2 atom stereocenters. The molecule has 2 rings (SSSR count). The molecule has 1 aromatic rings. The van der Waals surface area contributed by atoms with Gasteiger partial charge in [0.15, 0.2) is 0 Å². The highest BCUT2D eigenvalue weighted by Gasteiger charge is 2.32. The fraction of sp³-hybridized carbons (Fsp3) is 0.421. The highest BCUT2D eigenvalue weighted by molar-refractivity contribution is 5.93. The molecule has 0 saturated heterocycles. The number of carbonyl (C=O) groups is 1. The number of hydrogen-bond acceptors (Lipinski definition) is 3. The highest BCUT2D eigenvalue weighted by Crippen LogP contribution is 2.47. The summed E-state index contributed by atoms with van der Waals surface area (Å²) in [5.41, 5.74) is 2.61. The standard InChI is InChI=1S/C18H22O4.CH4/c1-9(2)12-6-5-10(3)7-13(12)16-14(19)8-11(4)15(17(16)20)18(21)22;/h7-8,12-13,19-20H,1,5-6H2,2-4H3,(H,21,22);1H4. The van der Waals surface area contributed by atoms with Crippen LogP contribution in [-0.2, 0) is 0 Å². The molecule has 0 heterocycles. The van der Waals surface area contributed by atoms with E-state index in [1.54, 1.807) is 6.92 Å². The van der Waals surface area contributed by atoms with E-state index in [1.165, 1.54) is 11.6 Å². The number of phenols is 2. The summed E-state index contributed by atoms with van der Waals surface area (Å²) in [5.74, 6) is -1.79. The SMILES string of the molecule is C.C=C(C)C1CCC(C)=CC1c1c(O)cc(C)c(C(=O)O)c1O. The van der Waals surface area contributed by atoms with E-state index in [-0.39, 0.29) is 41.9 Å². The van der Waals surface area contributed by atoms with Gasteiger partial charge < -0.3 is 15.3 Å². The Morgan fingerprint density at radius 1 is 1.30 bits per heavy atom. The molecule has 2 unspecified atom stereocenters. The largest absolute Gasteiger partial charge is 0.507 e. The summed E-state index contributed by atoms with van der Waals surface area (Å²) < 4.78 is 0. The van der Waals surface area contributed by atoms with Gasteiger partial charge in [-0.1, -0.05) is 31.2 Å². The zero-order valence-electron chi connectivity index (χ0n) is 13.2. The lowest BCUT2D eigenvalue weighted by atomic mass is 9.73. The fourth-order valence-electron chi connectivity index (χ4n) is 3.30. The summed E-state index contributed by atoms with van der Waals surface area (Å²) in [6, 6.07) is 1.41. The predicted molar refractivity (Wildman–Crippen MR) is 92.2 cm³/mol. The van der Waals surface area contributed by atoms with Crippen LogP contribution in [0.15, 0.2) is 29.9 Å². The molecule has 3 N–H and O–H groups in total. The van der Waals surface area contributed by atoms with Gasteiger partial charge in [0, 0.05) is 11.5 Å². The van der Waals surface area contributed by atoms with Crippen molar-refractivity contribution >= 4 is 5.97 Å². The zero-order chi connectivity index (χ0) is 16.6. The first-order valence-electron chi connectivity index (χ1n) is 7.35. The van der Waals surface area contributed by atoms with Crippen molar-refractivity contribution < 1.29 is 20.1 Å². The van der Waals surface area contributed by atoms with Crippen molar-refractivity contribution in [2.24, 2.45) is 5.92 Å². The molecule has 4 heteroatoms. The third-order valence-electron chi connectivity index (χ3n) is 4.44. The summed E-state index contributed by atoms with van der Waals surface area (Å²) in [5, 5.41) is 30.1. The number of aryl methyl sites for hydroxylation is 1. The Hall–Kier alpha value is -2.23. The van der Waals surface area contributed by atoms with Crippen LogP contribution < -0.4 is 0 Å². The lowest BCUT2D eigenvalue weighted by molar-refractivity contribution is 0.0692. The molecule has 1 aliphatic rings. The van der Waals surface area contributed by atoms with Crippen LogP contribution in [0.4, 0.5) is 0 Å². The summed E-state index contributed by atoms with van der Waals surface area (Å²) >= 11 is 0. The number of carboxylic acids is 1. The van der Waals surface area contributed by atoms with Gasteiger partial charge in [0.2, 0.25) is 0 Å². The van der Waals surface area contributed by atoms with E-state index < -0.39 is 5.97 Å². The van der Waals surface area contributed by atoms with Gasteiger partial charge >= 0.3 is 5.97 Å². The van der Waals surface area contributed by atoms with Crippen molar-refractivity contribution in [2.45, 2.75) is 47.0 Å². The van der Waals surface area contributed by atoms with Crippen LogP contribution in [0.3, 0.4) is 0 Å². The van der Waals surface area contributed by atoms with Gasteiger partial charge in [0.05, 0.1) is 0 Å². The minimum absolute atomic E-state index is 0. The second-order valence-corrected chi connectivity index (χ2v) is 6.19. The van der Waals surface area contributed by atoms with Crippen molar-refractivity contribution in [3.63, 3.8) is 0 Å². The number of hydrogen-bond donors (Lipinski definition) is 3. The van der Waals surface area contributed by atoms with E-state index in [0.29, 0.717) is 5.56 Å². The number of rotatable bonds is 3. The number of benzene rings is 1. The van der Waals surface area contributed by atoms with Gasteiger partial charge in [-0.05, 0) is 51.2 Å². The molecule has 1 aliphatic carbocycles. The predicted octanol–water partition coefficient (Wildman–Crippen LogP) is 4.76. The van der Waals surface area contributed by atoms with Gasteiger partial charge in [0.25, 0.3) is 0 Å². The molecule has 0 bridgehead atoms. The molecule has 4 nitrogen and oxygen atoms in total. The molecule has 1 aromatic carbocycles. The number of allylic oxidation sites excluding steroid dienone is 3. The quantitative estimate of drug-likeness (QED) is 0.702. The summed E-state index contributed by atoms with van der Waals surface area (Å²) in [4.78, 5) is 11.4. The van der Waals surface area contributed by atoms with Gasteiger partial charge in [-0.25, -0.2) is 4.79 Å². The van der Waals surface area contributed by atoms with Crippen LogP contribution in [0.2, 0.25) is 0 Å². The Balaban J connectivity index is 0.00000264. The third kappa shape index (κ3) is 3.41. The molecule has 0 aromatic heterocycles. The number of aromatic carboxylic acids is 1. The van der Waals surface area contributed by atoms with Gasteiger partial charge in [-0.2, -0.15) is 0 Å². The Bertz CT molecular complexity index is 670. The summed E-state index contributed by atoms with van der Waals surface area (Å²) in [6.07, 6.45) is 3.81. The maximum Gasteiger partial charge on any atom is 0.339 e. The van der Waals surface area contributed by atoms with Gasteiger partial charge in [0.1, 0.15) is 17.1 Å². The Morgan fingerprint density at radius 3 is 2.43 bits per heavy atom. The van der Waals surface area contributed by atoms with E-state index in [1.807, 2.05) is 19.9 Å². The van der Waals surface area contributed by atoms with Crippen LogP contribution >= 0.6 is 0 Å². The number of aromatic hydroxyl groups is 2. The van der Waals surface area contributed by atoms with E-state index in [0.717, 1.165) is 18.4 Å². The molecule has 126 valence electrons. The summed E-state index contributed by atoms with van der Waals surface area (Å²) in [6.45, 7) is 9.49. The van der Waals surface area contributed by atoms with Crippen LogP contribution in [0, 0.1) is 12.8 Å². The van der Waals surface area contributed by atoms with Gasteiger partial charge in [-0.3, -0.25) is 0 Å². The molecule has 0 aliphatic heterocycles. The molecule has 0 saturated carbocycles. The normalized spacial score (nSPS) is 20.4. The van der Waals surface area contributed by atoms with E-state index in [4.69, 9.17) is 0 Å². The topological polar surface area (TPSA) is 77.8 Å². The maximum absolute atomic E-state index is 11.4. The third-order valence-corrected chi connectivity index (χ3v) is 4.44. The van der Waals surface area contributed by atoms with Crippen molar-refractivity contribution in [2.75, 3.05) is 0 Å². The van der Waals surface area contributed by atoms with E-state index in [2.05, 4.69) is 6.58 Å². The average Bonchev–Trinajstić information content (AvgIpc) is 2.36. The van der Waals surface area contributed by atoms with E-state index in [9.17, 15) is 20.1 Å². The number of carboxylic acid groups (broad SMARTS) is 1. The van der Waals surface area contributed by atoms with Crippen molar-refractivity contribution in [1.29, 1.82) is 0 Å². The first-order chi connectivity index (χ1) is 10.2. The van der Waals surface area contributed by atoms with E-state index >= 15 is 0 Å². The Kier molecular flexibility index (Phi) is 5.65. The smallest absolute Gasteiger partial charge is 0.339 e. The second-order valence-electron chi connectivity index (χ2n) is 6.19. The van der Waals surface area contributed by atoms with Gasteiger partial charge in [-0.15, -0.1) is 0 Å². The zero-order valence-corrected chi connectivity index (χ0v) is 13.2. The van der Waals surface area contributed by atoms with Crippen LogP contribution in [0.1, 0.15) is 61.5 Å². The lowest BCUT2D eigenvalue weighted by Crippen LogP contribution is -2.18. The van der Waals surface area contributed by atoms with Crippen LogP contribution in [0.25, 0.3) is 0 Å². The minimum Gasteiger partial charge on any atom is -0.507 e. The average molecular weight is 318 g/mol. The molecule has 0 spiro atoms. The number of phenolic OH excluding ortho intramolecular Hbond substituents is 1. The van der Waals surface area contributed by atoms with Crippen molar-refractivity contribution in [3.05, 3.63) is 46.6 Å². The second kappa shape index (κ2) is 6.90. The molecule has 0 fully saturated rings. The van der Waals surface area contributed by atoms with Crippen molar-refractivity contribution in [3.8, 4) is 11.5 Å². The summed E-state index contributed by atoms with van der Waals surface area (Å²) in [7, 11) is 0. The van der Waals surface area contributed by atoms with Crippen molar-refractivity contribution in [1.82, 2.24) is 0 Å². The van der Waals surface area contributed by atoms with Crippen LogP contribution in [0.5, 0.6) is 11.5 Å². The minimum atomic E-state index is -1.19. The first kappa shape index (κ1) is 18.8. The fourth-order valence-corrected chi connectivity index (χ4v) is 3.30. The molecule has 23 heavy (non-hydrogen) atoms. The highest BCUT2D eigenvalue weighted by atomic mass is 16.4. The lowest BCUT2D eigenvalue weighted by Gasteiger charge is -2.31. The first-order valence-corrected chi connectivity index (χ1v) is 7.35. The molecular weight excluding hydrogens is 292 g/mol.